The van der Waals surface area contributed by atoms with Crippen LogP contribution in [0.2, 0.25) is 0 Å². The van der Waals surface area contributed by atoms with Gasteiger partial charge in [0, 0.05) is 13.1 Å². The molecule has 0 saturated heterocycles. The van der Waals surface area contributed by atoms with Crippen LogP contribution in [0.1, 0.15) is 58.3 Å². The van der Waals surface area contributed by atoms with Crippen LogP contribution in [-0.2, 0) is 0 Å². The van der Waals surface area contributed by atoms with Gasteiger partial charge in [-0.2, -0.15) is 0 Å². The SMILES string of the molecule is Br.CCCCCCCCCCN1C=CC=CC1. The molecule has 0 aromatic rings. The molecule has 0 aromatic carbocycles. The molecule has 0 fully saturated rings. The number of rotatable bonds is 9. The lowest BCUT2D eigenvalue weighted by molar-refractivity contribution is 0.392. The third kappa shape index (κ3) is 9.46. The van der Waals surface area contributed by atoms with Crippen LogP contribution >= 0.6 is 17.0 Å². The Morgan fingerprint density at radius 2 is 1.53 bits per heavy atom. The summed E-state index contributed by atoms with van der Waals surface area (Å²) in [6.45, 7) is 4.61. The average molecular weight is 302 g/mol. The van der Waals surface area contributed by atoms with Crippen LogP contribution in [0.25, 0.3) is 0 Å². The second-order valence-electron chi connectivity index (χ2n) is 4.74. The van der Waals surface area contributed by atoms with E-state index in [2.05, 4.69) is 36.3 Å². The van der Waals surface area contributed by atoms with Gasteiger partial charge in [0.1, 0.15) is 0 Å². The maximum Gasteiger partial charge on any atom is 0.0357 e. The molecule has 0 spiro atoms. The molecule has 0 aliphatic carbocycles. The first-order chi connectivity index (χ1) is 7.93. The summed E-state index contributed by atoms with van der Waals surface area (Å²) >= 11 is 0. The van der Waals surface area contributed by atoms with Gasteiger partial charge in [-0.25, -0.2) is 0 Å². The average Bonchev–Trinajstić information content (AvgIpc) is 2.34. The van der Waals surface area contributed by atoms with Crippen molar-refractivity contribution in [1.29, 1.82) is 0 Å². The molecule has 1 aliphatic heterocycles. The van der Waals surface area contributed by atoms with Gasteiger partial charge in [-0.3, -0.25) is 0 Å². The fourth-order valence-electron chi connectivity index (χ4n) is 2.12. The molecule has 0 aromatic heterocycles. The van der Waals surface area contributed by atoms with Gasteiger partial charge in [0.2, 0.25) is 0 Å². The van der Waals surface area contributed by atoms with E-state index in [4.69, 9.17) is 0 Å². The van der Waals surface area contributed by atoms with Crippen LogP contribution in [-0.4, -0.2) is 18.0 Å². The number of hydrogen-bond acceptors (Lipinski definition) is 1. The second-order valence-corrected chi connectivity index (χ2v) is 4.74. The predicted molar refractivity (Wildman–Crippen MR) is 82.8 cm³/mol. The lowest BCUT2D eigenvalue weighted by atomic mass is 10.1. The minimum absolute atomic E-state index is 0. The van der Waals surface area contributed by atoms with Crippen LogP contribution in [0.4, 0.5) is 0 Å². The highest BCUT2D eigenvalue weighted by molar-refractivity contribution is 8.93. The second kappa shape index (κ2) is 12.2. The van der Waals surface area contributed by atoms with E-state index in [0.717, 1.165) is 6.54 Å². The van der Waals surface area contributed by atoms with Crippen molar-refractivity contribution in [3.8, 4) is 0 Å². The molecule has 17 heavy (non-hydrogen) atoms. The maximum atomic E-state index is 2.40. The highest BCUT2D eigenvalue weighted by Crippen LogP contribution is 2.09. The number of nitrogens with zero attached hydrogens (tertiary/aromatic N) is 1. The molecule has 2 heteroatoms. The number of allylic oxidation sites excluding steroid dienone is 2. The Labute approximate surface area is 118 Å². The van der Waals surface area contributed by atoms with E-state index in [9.17, 15) is 0 Å². The highest BCUT2D eigenvalue weighted by Gasteiger charge is 1.98. The molecule has 0 radical (unpaired) electrons. The molecule has 0 bridgehead atoms. The van der Waals surface area contributed by atoms with Crippen molar-refractivity contribution < 1.29 is 0 Å². The summed E-state index contributed by atoms with van der Waals surface area (Å²) < 4.78 is 0. The molecule has 0 N–H and O–H groups in total. The van der Waals surface area contributed by atoms with Gasteiger partial charge in [0.15, 0.2) is 0 Å². The first-order valence-corrected chi connectivity index (χ1v) is 7.01. The monoisotopic (exact) mass is 301 g/mol. The molecule has 1 heterocycles. The minimum atomic E-state index is 0. The van der Waals surface area contributed by atoms with Crippen molar-refractivity contribution in [2.45, 2.75) is 58.3 Å². The van der Waals surface area contributed by atoms with Crippen LogP contribution in [0.3, 0.4) is 0 Å². The lowest BCUT2D eigenvalue weighted by Crippen LogP contribution is -2.19. The first-order valence-electron chi connectivity index (χ1n) is 7.01. The van der Waals surface area contributed by atoms with Crippen LogP contribution in [0.5, 0.6) is 0 Å². The summed E-state index contributed by atoms with van der Waals surface area (Å²) in [5.41, 5.74) is 0. The lowest BCUT2D eigenvalue weighted by Gasteiger charge is -2.20. The maximum absolute atomic E-state index is 2.40. The van der Waals surface area contributed by atoms with E-state index >= 15 is 0 Å². The molecule has 1 rings (SSSR count). The number of hydrogen-bond donors (Lipinski definition) is 0. The Morgan fingerprint density at radius 3 is 2.12 bits per heavy atom. The van der Waals surface area contributed by atoms with Crippen molar-refractivity contribution >= 4 is 17.0 Å². The van der Waals surface area contributed by atoms with Crippen molar-refractivity contribution in [2.75, 3.05) is 13.1 Å². The van der Waals surface area contributed by atoms with Crippen molar-refractivity contribution in [3.63, 3.8) is 0 Å². The fourth-order valence-corrected chi connectivity index (χ4v) is 2.12. The summed E-state index contributed by atoms with van der Waals surface area (Å²) in [4.78, 5) is 2.40. The van der Waals surface area contributed by atoms with Crippen molar-refractivity contribution in [2.24, 2.45) is 0 Å². The van der Waals surface area contributed by atoms with Crippen LogP contribution in [0.15, 0.2) is 24.4 Å². The van der Waals surface area contributed by atoms with Gasteiger partial charge in [-0.05, 0) is 18.7 Å². The Hall–Kier alpha value is -0.240. The molecule has 0 saturated carbocycles. The predicted octanol–water partition coefficient (Wildman–Crippen LogP) is 5.09. The Bertz CT molecular complexity index is 211. The summed E-state index contributed by atoms with van der Waals surface area (Å²) in [5.74, 6) is 0. The number of halogens is 1. The minimum Gasteiger partial charge on any atom is -0.374 e. The van der Waals surface area contributed by atoms with E-state index in [1.54, 1.807) is 0 Å². The summed E-state index contributed by atoms with van der Waals surface area (Å²) in [6, 6.07) is 0. The van der Waals surface area contributed by atoms with Crippen molar-refractivity contribution in [1.82, 2.24) is 4.90 Å². The quantitative estimate of drug-likeness (QED) is 0.536. The summed E-state index contributed by atoms with van der Waals surface area (Å²) in [5, 5.41) is 0. The summed E-state index contributed by atoms with van der Waals surface area (Å²) in [7, 11) is 0. The standard InChI is InChI=1S/C15H27N.BrH/c1-2-3-4-5-6-7-8-10-13-16-14-11-9-12-15-16;/h9,11-12,14H,2-8,10,13,15H2,1H3;1H. The topological polar surface area (TPSA) is 3.24 Å². The molecule has 0 amide bonds. The largest absolute Gasteiger partial charge is 0.374 e. The van der Waals surface area contributed by atoms with Gasteiger partial charge < -0.3 is 4.90 Å². The van der Waals surface area contributed by atoms with E-state index < -0.39 is 0 Å². The number of unbranched alkanes of at least 4 members (excludes halogenated alkanes) is 7. The molecular weight excluding hydrogens is 274 g/mol. The molecule has 1 aliphatic rings. The van der Waals surface area contributed by atoms with E-state index in [-0.39, 0.29) is 17.0 Å². The zero-order valence-electron chi connectivity index (χ0n) is 11.2. The first kappa shape index (κ1) is 16.8. The molecular formula is C15H28BrN. The highest BCUT2D eigenvalue weighted by atomic mass is 79.9. The molecule has 0 atom stereocenters. The third-order valence-electron chi connectivity index (χ3n) is 3.18. The van der Waals surface area contributed by atoms with Crippen LogP contribution < -0.4 is 0 Å². The summed E-state index contributed by atoms with van der Waals surface area (Å²) in [6.07, 6.45) is 20.0. The van der Waals surface area contributed by atoms with Gasteiger partial charge in [0.25, 0.3) is 0 Å². The molecule has 1 nitrogen and oxygen atoms in total. The zero-order chi connectivity index (χ0) is 11.5. The molecule has 100 valence electrons. The normalized spacial score (nSPS) is 13.8. The van der Waals surface area contributed by atoms with E-state index in [1.807, 2.05) is 0 Å². The van der Waals surface area contributed by atoms with E-state index in [0.29, 0.717) is 0 Å². The molecule has 0 unspecified atom stereocenters. The Balaban J connectivity index is 0.00000256. The van der Waals surface area contributed by atoms with Gasteiger partial charge >= 0.3 is 0 Å². The van der Waals surface area contributed by atoms with Gasteiger partial charge in [0.05, 0.1) is 0 Å². The van der Waals surface area contributed by atoms with E-state index in [1.165, 1.54) is 57.9 Å². The third-order valence-corrected chi connectivity index (χ3v) is 3.18. The van der Waals surface area contributed by atoms with Crippen LogP contribution in [0, 0.1) is 0 Å². The van der Waals surface area contributed by atoms with Crippen molar-refractivity contribution in [3.05, 3.63) is 24.4 Å². The Morgan fingerprint density at radius 1 is 0.882 bits per heavy atom. The fraction of sp³-hybridized carbons (Fsp3) is 0.733. The van der Waals surface area contributed by atoms with Gasteiger partial charge in [-0.15, -0.1) is 17.0 Å². The zero-order valence-corrected chi connectivity index (χ0v) is 12.9. The Kier molecular flexibility index (Phi) is 12.1. The smallest absolute Gasteiger partial charge is 0.0357 e. The van der Waals surface area contributed by atoms with Gasteiger partial charge in [-0.1, -0.05) is 64.0 Å².